The molecule has 2 N–H and O–H groups in total. The Bertz CT molecular complexity index is 1340. The summed E-state index contributed by atoms with van der Waals surface area (Å²) in [5.41, 5.74) is 0.997. The molecule has 4 rings (SSSR count). The lowest BCUT2D eigenvalue weighted by atomic mass is 9.97. The maximum Gasteiger partial charge on any atom is 0.325 e. The zero-order valence-electron chi connectivity index (χ0n) is 21.0. The fourth-order valence-electron chi connectivity index (χ4n) is 4.12. The lowest BCUT2D eigenvalue weighted by Crippen LogP contribution is -2.49. The number of urea groups is 1. The summed E-state index contributed by atoms with van der Waals surface area (Å²) in [6.07, 6.45) is 1.87. The molecule has 11 nitrogen and oxygen atoms in total. The minimum atomic E-state index is -1.40. The summed E-state index contributed by atoms with van der Waals surface area (Å²) < 4.78 is 5.59. The smallest absolute Gasteiger partial charge is 0.325 e. The van der Waals surface area contributed by atoms with Crippen molar-refractivity contribution in [3.8, 4) is 0 Å². The van der Waals surface area contributed by atoms with E-state index in [0.717, 1.165) is 16.0 Å². The molecule has 1 aliphatic rings. The van der Waals surface area contributed by atoms with E-state index in [4.69, 9.17) is 4.42 Å². The highest BCUT2D eigenvalue weighted by molar-refractivity contribution is 6.09. The molecule has 4 amide bonds. The SMILES string of the molecule is Cc1cccc(Cc2nnc(C(=O)[C@@H](NC(=O)CN3C(=O)N[C@@](C)(c4ccccn4)C3=O)C(C)C)o2)c1. The summed E-state index contributed by atoms with van der Waals surface area (Å²) >= 11 is 0. The number of pyridine rings is 1. The first-order valence-corrected chi connectivity index (χ1v) is 11.9. The lowest BCUT2D eigenvalue weighted by Gasteiger charge is -2.22. The quantitative estimate of drug-likeness (QED) is 0.333. The van der Waals surface area contributed by atoms with Gasteiger partial charge in [0.15, 0.2) is 5.54 Å². The van der Waals surface area contributed by atoms with E-state index in [1.165, 1.54) is 13.1 Å². The van der Waals surface area contributed by atoms with Crippen LogP contribution in [0, 0.1) is 12.8 Å². The average Bonchev–Trinajstić information content (AvgIpc) is 3.41. The van der Waals surface area contributed by atoms with Gasteiger partial charge in [-0.3, -0.25) is 24.3 Å². The second-order valence-corrected chi connectivity index (χ2v) is 9.48. The summed E-state index contributed by atoms with van der Waals surface area (Å²) in [5.74, 6) is -2.13. The predicted molar refractivity (Wildman–Crippen MR) is 131 cm³/mol. The molecular weight excluding hydrogens is 476 g/mol. The predicted octanol–water partition coefficient (Wildman–Crippen LogP) is 2.15. The molecule has 192 valence electrons. The van der Waals surface area contributed by atoms with E-state index in [9.17, 15) is 19.2 Å². The Hall–Kier alpha value is -4.41. The average molecular weight is 505 g/mol. The number of nitrogens with one attached hydrogen (secondary N) is 2. The minimum Gasteiger partial charge on any atom is -0.418 e. The Morgan fingerprint density at radius 3 is 2.59 bits per heavy atom. The number of nitrogens with zero attached hydrogens (tertiary/aromatic N) is 4. The van der Waals surface area contributed by atoms with Gasteiger partial charge in [-0.2, -0.15) is 0 Å². The number of hydrogen-bond donors (Lipinski definition) is 2. The molecular formula is C26H28N6O5. The van der Waals surface area contributed by atoms with Gasteiger partial charge in [-0.25, -0.2) is 4.79 Å². The fourth-order valence-corrected chi connectivity index (χ4v) is 4.12. The Morgan fingerprint density at radius 1 is 1.14 bits per heavy atom. The molecule has 2 aromatic heterocycles. The van der Waals surface area contributed by atoms with Gasteiger partial charge in [-0.15, -0.1) is 10.2 Å². The topological polar surface area (TPSA) is 147 Å². The molecule has 3 aromatic rings. The molecule has 0 aliphatic carbocycles. The number of carbonyl (C=O) groups excluding carboxylic acids is 4. The van der Waals surface area contributed by atoms with Crippen LogP contribution in [0.4, 0.5) is 4.79 Å². The van der Waals surface area contributed by atoms with Crippen LogP contribution < -0.4 is 10.6 Å². The third kappa shape index (κ3) is 5.40. The van der Waals surface area contributed by atoms with Gasteiger partial charge in [0.05, 0.1) is 18.2 Å². The first-order chi connectivity index (χ1) is 17.6. The van der Waals surface area contributed by atoms with Crippen LogP contribution in [0.25, 0.3) is 0 Å². The van der Waals surface area contributed by atoms with Crippen molar-refractivity contribution in [1.29, 1.82) is 0 Å². The second-order valence-electron chi connectivity index (χ2n) is 9.48. The van der Waals surface area contributed by atoms with Crippen molar-refractivity contribution in [2.24, 2.45) is 5.92 Å². The third-order valence-corrected chi connectivity index (χ3v) is 6.13. The van der Waals surface area contributed by atoms with Gasteiger partial charge in [0.2, 0.25) is 17.6 Å². The number of rotatable bonds is 9. The molecule has 0 saturated carbocycles. The molecule has 3 heterocycles. The molecule has 1 aromatic carbocycles. The second kappa shape index (κ2) is 10.3. The normalized spacial score (nSPS) is 18.1. The summed E-state index contributed by atoms with van der Waals surface area (Å²) in [7, 11) is 0. The van der Waals surface area contributed by atoms with Gasteiger partial charge in [0, 0.05) is 6.20 Å². The monoisotopic (exact) mass is 504 g/mol. The Kier molecular flexibility index (Phi) is 7.14. The molecule has 0 unspecified atom stereocenters. The molecule has 0 radical (unpaired) electrons. The molecule has 0 spiro atoms. The molecule has 2 atom stereocenters. The first-order valence-electron chi connectivity index (χ1n) is 11.9. The number of carbonyl (C=O) groups is 4. The molecule has 0 bridgehead atoms. The highest BCUT2D eigenvalue weighted by atomic mass is 16.4. The van der Waals surface area contributed by atoms with Crippen LogP contribution in [0.5, 0.6) is 0 Å². The van der Waals surface area contributed by atoms with E-state index in [-0.39, 0.29) is 17.7 Å². The number of hydrogen-bond acceptors (Lipinski definition) is 8. The van der Waals surface area contributed by atoms with Crippen LogP contribution >= 0.6 is 0 Å². The third-order valence-electron chi connectivity index (χ3n) is 6.13. The van der Waals surface area contributed by atoms with E-state index in [0.29, 0.717) is 12.1 Å². The van der Waals surface area contributed by atoms with Crippen LogP contribution in [0.3, 0.4) is 0 Å². The number of aryl methyl sites for hydroxylation is 1. The maximum atomic E-state index is 13.1. The lowest BCUT2D eigenvalue weighted by molar-refractivity contribution is -0.135. The van der Waals surface area contributed by atoms with Gasteiger partial charge < -0.3 is 15.1 Å². The fraction of sp³-hybridized carbons (Fsp3) is 0.346. The number of benzene rings is 1. The van der Waals surface area contributed by atoms with E-state index in [1.54, 1.807) is 32.0 Å². The number of Topliss-reactive ketones (excluding diaryl/α,β-unsaturated/α-hetero) is 1. The number of imide groups is 1. The van der Waals surface area contributed by atoms with Crippen LogP contribution in [0.2, 0.25) is 0 Å². The maximum absolute atomic E-state index is 13.1. The Balaban J connectivity index is 1.43. The number of ketones is 1. The van der Waals surface area contributed by atoms with Gasteiger partial charge in [-0.1, -0.05) is 49.7 Å². The van der Waals surface area contributed by atoms with Crippen molar-refractivity contribution in [2.45, 2.75) is 45.7 Å². The molecule has 1 fully saturated rings. The molecule has 1 aliphatic heterocycles. The van der Waals surface area contributed by atoms with Gasteiger partial charge in [0.25, 0.3) is 11.8 Å². The highest BCUT2D eigenvalue weighted by Gasteiger charge is 2.50. The zero-order valence-corrected chi connectivity index (χ0v) is 21.0. The van der Waals surface area contributed by atoms with Crippen LogP contribution in [0.15, 0.2) is 53.1 Å². The largest absolute Gasteiger partial charge is 0.418 e. The standard InChI is InChI=1S/C26H28N6O5/c1-15(2)21(22(34)23-31-30-20(37-23)13-17-9-7-8-16(3)12-17)28-19(33)14-32-24(35)26(4,29-25(32)36)18-10-5-6-11-27-18/h5-12,15,21H,13-14H2,1-4H3,(H,28,33)(H,29,36)/t21-,26-/m0/s1. The molecule has 1 saturated heterocycles. The molecule has 11 heteroatoms. The van der Waals surface area contributed by atoms with E-state index in [2.05, 4.69) is 25.8 Å². The summed E-state index contributed by atoms with van der Waals surface area (Å²) in [6, 6.07) is 11.1. The zero-order chi connectivity index (χ0) is 26.7. The van der Waals surface area contributed by atoms with E-state index in [1.807, 2.05) is 31.2 Å². The summed E-state index contributed by atoms with van der Waals surface area (Å²) in [5, 5.41) is 13.0. The highest BCUT2D eigenvalue weighted by Crippen LogP contribution is 2.27. The van der Waals surface area contributed by atoms with Gasteiger partial charge >= 0.3 is 6.03 Å². The van der Waals surface area contributed by atoms with Crippen LogP contribution in [-0.4, -0.2) is 56.3 Å². The van der Waals surface area contributed by atoms with Crippen molar-refractivity contribution in [3.63, 3.8) is 0 Å². The van der Waals surface area contributed by atoms with Crippen molar-refractivity contribution in [3.05, 3.63) is 77.3 Å². The summed E-state index contributed by atoms with van der Waals surface area (Å²) in [4.78, 5) is 56.5. The minimum absolute atomic E-state index is 0.223. The Morgan fingerprint density at radius 2 is 1.92 bits per heavy atom. The van der Waals surface area contributed by atoms with Crippen molar-refractivity contribution < 1.29 is 23.6 Å². The van der Waals surface area contributed by atoms with Crippen molar-refractivity contribution in [2.75, 3.05) is 6.54 Å². The van der Waals surface area contributed by atoms with E-state index >= 15 is 0 Å². The number of amides is 4. The van der Waals surface area contributed by atoms with Crippen LogP contribution in [-0.2, 0) is 21.5 Å². The van der Waals surface area contributed by atoms with Gasteiger partial charge in [-0.05, 0) is 37.5 Å². The first kappa shape index (κ1) is 25.7. The molecule has 37 heavy (non-hydrogen) atoms. The van der Waals surface area contributed by atoms with Crippen molar-refractivity contribution >= 4 is 23.6 Å². The van der Waals surface area contributed by atoms with E-state index < -0.39 is 41.8 Å². The number of aromatic nitrogens is 3. The summed E-state index contributed by atoms with van der Waals surface area (Å²) in [6.45, 7) is 6.43. The van der Waals surface area contributed by atoms with Crippen LogP contribution in [0.1, 0.15) is 54.2 Å². The van der Waals surface area contributed by atoms with Gasteiger partial charge in [0.1, 0.15) is 6.54 Å². The van der Waals surface area contributed by atoms with Crippen molar-refractivity contribution in [1.82, 2.24) is 30.7 Å². The Labute approximate surface area is 213 Å².